The molecule has 7 heteroatoms. The molecule has 0 radical (unpaired) electrons. The third-order valence-corrected chi connectivity index (χ3v) is 6.50. The van der Waals surface area contributed by atoms with Crippen molar-refractivity contribution >= 4 is 60.8 Å². The van der Waals surface area contributed by atoms with E-state index in [1.54, 1.807) is 0 Å². The number of halogens is 2. The highest BCUT2D eigenvalue weighted by atomic mass is 79.9. The Labute approximate surface area is 202 Å². The Balaban J connectivity index is 1.49. The first-order valence-electron chi connectivity index (χ1n) is 9.75. The Morgan fingerprint density at radius 3 is 2.34 bits per heavy atom. The highest BCUT2D eigenvalue weighted by molar-refractivity contribution is 9.10. The van der Waals surface area contributed by atoms with Crippen molar-refractivity contribution in [1.82, 2.24) is 9.97 Å². The minimum Gasteiger partial charge on any atom is -0.298 e. The standard InChI is InChI=1S/C25H15BrClN3OS/c26-17-9-5-15(6-10-17)22-13-20(19-3-1-2-4-21(19)28-22)24(31)30-25-29-23(14-32-25)16-7-11-18(27)12-8-16/h1-14H,(H,29,30,31). The van der Waals surface area contributed by atoms with E-state index in [1.807, 2.05) is 84.2 Å². The van der Waals surface area contributed by atoms with E-state index in [4.69, 9.17) is 16.6 Å². The van der Waals surface area contributed by atoms with Gasteiger partial charge in [0.05, 0.1) is 22.5 Å². The number of carbonyl (C=O) groups excluding carboxylic acids is 1. The molecule has 2 aromatic heterocycles. The monoisotopic (exact) mass is 519 g/mol. The molecular weight excluding hydrogens is 506 g/mol. The molecule has 0 saturated heterocycles. The van der Waals surface area contributed by atoms with Crippen LogP contribution in [-0.4, -0.2) is 15.9 Å². The normalized spacial score (nSPS) is 10.9. The number of carbonyl (C=O) groups is 1. The molecular formula is C25H15BrClN3OS. The summed E-state index contributed by atoms with van der Waals surface area (Å²) in [5.74, 6) is -0.223. The molecule has 3 aromatic carbocycles. The zero-order valence-electron chi connectivity index (χ0n) is 16.5. The van der Waals surface area contributed by atoms with Crippen molar-refractivity contribution in [3.05, 3.63) is 99.3 Å². The summed E-state index contributed by atoms with van der Waals surface area (Å²) in [5, 5.41) is 6.86. The number of benzene rings is 3. The van der Waals surface area contributed by atoms with Crippen LogP contribution in [0.5, 0.6) is 0 Å². The number of thiazole rings is 1. The molecule has 0 aliphatic heterocycles. The van der Waals surface area contributed by atoms with Gasteiger partial charge in [-0.2, -0.15) is 0 Å². The van der Waals surface area contributed by atoms with Crippen LogP contribution >= 0.6 is 38.9 Å². The highest BCUT2D eigenvalue weighted by Gasteiger charge is 2.16. The minimum atomic E-state index is -0.223. The predicted molar refractivity (Wildman–Crippen MR) is 135 cm³/mol. The van der Waals surface area contributed by atoms with Crippen LogP contribution in [-0.2, 0) is 0 Å². The number of hydrogen-bond acceptors (Lipinski definition) is 4. The van der Waals surface area contributed by atoms with Gasteiger partial charge in [0.1, 0.15) is 0 Å². The molecule has 5 aromatic rings. The van der Waals surface area contributed by atoms with Crippen LogP contribution in [0.1, 0.15) is 10.4 Å². The maximum atomic E-state index is 13.3. The number of anilines is 1. The van der Waals surface area contributed by atoms with Gasteiger partial charge in [-0.25, -0.2) is 9.97 Å². The van der Waals surface area contributed by atoms with Crippen molar-refractivity contribution in [3.63, 3.8) is 0 Å². The van der Waals surface area contributed by atoms with Crippen molar-refractivity contribution < 1.29 is 4.79 Å². The number of para-hydroxylation sites is 1. The fourth-order valence-corrected chi connectivity index (χ4v) is 4.49. The van der Waals surface area contributed by atoms with Gasteiger partial charge in [0.15, 0.2) is 5.13 Å². The van der Waals surface area contributed by atoms with E-state index >= 15 is 0 Å². The number of fused-ring (bicyclic) bond motifs is 1. The molecule has 0 saturated carbocycles. The maximum Gasteiger partial charge on any atom is 0.258 e. The summed E-state index contributed by atoms with van der Waals surface area (Å²) in [4.78, 5) is 22.6. The van der Waals surface area contributed by atoms with Crippen molar-refractivity contribution in [1.29, 1.82) is 0 Å². The molecule has 1 N–H and O–H groups in total. The van der Waals surface area contributed by atoms with Crippen molar-refractivity contribution in [2.45, 2.75) is 0 Å². The average Bonchev–Trinajstić information content (AvgIpc) is 3.27. The van der Waals surface area contributed by atoms with Gasteiger partial charge in [0.2, 0.25) is 0 Å². The van der Waals surface area contributed by atoms with Gasteiger partial charge in [0, 0.05) is 31.4 Å². The molecule has 0 unspecified atom stereocenters. The Hall–Kier alpha value is -3.06. The number of nitrogens with zero attached hydrogens (tertiary/aromatic N) is 2. The number of rotatable bonds is 4. The molecule has 4 nitrogen and oxygen atoms in total. The first-order chi connectivity index (χ1) is 15.6. The van der Waals surface area contributed by atoms with Crippen molar-refractivity contribution in [3.8, 4) is 22.5 Å². The summed E-state index contributed by atoms with van der Waals surface area (Å²) in [5.41, 5.74) is 4.72. The van der Waals surface area contributed by atoms with Gasteiger partial charge >= 0.3 is 0 Å². The van der Waals surface area contributed by atoms with E-state index in [1.165, 1.54) is 11.3 Å². The van der Waals surface area contributed by atoms with E-state index in [2.05, 4.69) is 26.2 Å². The van der Waals surface area contributed by atoms with Gasteiger partial charge in [-0.1, -0.05) is 70.0 Å². The lowest BCUT2D eigenvalue weighted by Crippen LogP contribution is -2.13. The van der Waals surface area contributed by atoms with Crippen LogP contribution in [0.3, 0.4) is 0 Å². The maximum absolute atomic E-state index is 13.3. The van der Waals surface area contributed by atoms with Crippen molar-refractivity contribution in [2.75, 3.05) is 5.32 Å². The molecule has 1 amide bonds. The zero-order chi connectivity index (χ0) is 22.1. The smallest absolute Gasteiger partial charge is 0.258 e. The van der Waals surface area contributed by atoms with E-state index in [9.17, 15) is 4.79 Å². The third kappa shape index (κ3) is 4.30. The molecule has 32 heavy (non-hydrogen) atoms. The zero-order valence-corrected chi connectivity index (χ0v) is 19.7. The van der Waals surface area contributed by atoms with Gasteiger partial charge < -0.3 is 0 Å². The van der Waals surface area contributed by atoms with E-state index < -0.39 is 0 Å². The number of hydrogen-bond donors (Lipinski definition) is 1. The summed E-state index contributed by atoms with van der Waals surface area (Å²) < 4.78 is 0.986. The predicted octanol–water partition coefficient (Wildman–Crippen LogP) is 7.69. The van der Waals surface area contributed by atoms with Crippen molar-refractivity contribution in [2.24, 2.45) is 0 Å². The number of pyridine rings is 1. The largest absolute Gasteiger partial charge is 0.298 e. The second-order valence-electron chi connectivity index (χ2n) is 7.08. The van der Waals surface area contributed by atoms with E-state index in [-0.39, 0.29) is 5.91 Å². The number of aromatic nitrogens is 2. The second kappa shape index (κ2) is 8.82. The molecule has 0 aliphatic carbocycles. The van der Waals surface area contributed by atoms with Gasteiger partial charge in [-0.3, -0.25) is 10.1 Å². The van der Waals surface area contributed by atoms with Crippen LogP contribution in [0.15, 0.2) is 88.7 Å². The van der Waals surface area contributed by atoms with E-state index in [0.717, 1.165) is 37.9 Å². The molecule has 0 atom stereocenters. The Morgan fingerprint density at radius 2 is 1.56 bits per heavy atom. The van der Waals surface area contributed by atoms with Gasteiger partial charge in [-0.05, 0) is 36.4 Å². The van der Waals surface area contributed by atoms with Crippen LogP contribution in [0, 0.1) is 0 Å². The van der Waals surface area contributed by atoms with E-state index in [0.29, 0.717) is 15.7 Å². The van der Waals surface area contributed by atoms with Crippen LogP contribution in [0.2, 0.25) is 5.02 Å². The molecule has 5 rings (SSSR count). The van der Waals surface area contributed by atoms with Crippen LogP contribution in [0.25, 0.3) is 33.4 Å². The summed E-state index contributed by atoms with van der Waals surface area (Å²) in [7, 11) is 0. The molecule has 0 bridgehead atoms. The first kappa shape index (κ1) is 20.8. The number of amides is 1. The lowest BCUT2D eigenvalue weighted by atomic mass is 10.0. The fraction of sp³-hybridized carbons (Fsp3) is 0. The Bertz CT molecular complexity index is 1430. The highest BCUT2D eigenvalue weighted by Crippen LogP contribution is 2.29. The third-order valence-electron chi connectivity index (χ3n) is 4.97. The molecule has 0 fully saturated rings. The average molecular weight is 521 g/mol. The summed E-state index contributed by atoms with van der Waals surface area (Å²) in [6.07, 6.45) is 0. The van der Waals surface area contributed by atoms with Crippen LogP contribution in [0.4, 0.5) is 5.13 Å². The fourth-order valence-electron chi connectivity index (χ4n) is 3.38. The lowest BCUT2D eigenvalue weighted by Gasteiger charge is -2.10. The minimum absolute atomic E-state index is 0.223. The summed E-state index contributed by atoms with van der Waals surface area (Å²) in [6.45, 7) is 0. The first-order valence-corrected chi connectivity index (χ1v) is 11.8. The Morgan fingerprint density at radius 1 is 0.875 bits per heavy atom. The topological polar surface area (TPSA) is 54.9 Å². The number of nitrogens with one attached hydrogen (secondary N) is 1. The summed E-state index contributed by atoms with van der Waals surface area (Å²) in [6, 6.07) is 24.8. The molecule has 0 aliphatic rings. The van der Waals surface area contributed by atoms with Crippen LogP contribution < -0.4 is 5.32 Å². The second-order valence-corrected chi connectivity index (χ2v) is 9.29. The molecule has 0 spiro atoms. The summed E-state index contributed by atoms with van der Waals surface area (Å²) >= 11 is 10.8. The Kier molecular flexibility index (Phi) is 5.74. The SMILES string of the molecule is O=C(Nc1nc(-c2ccc(Cl)cc2)cs1)c1cc(-c2ccc(Br)cc2)nc2ccccc12. The van der Waals surface area contributed by atoms with Gasteiger partial charge in [0.25, 0.3) is 5.91 Å². The van der Waals surface area contributed by atoms with Gasteiger partial charge in [-0.15, -0.1) is 11.3 Å². The lowest BCUT2D eigenvalue weighted by molar-refractivity contribution is 0.102. The molecule has 2 heterocycles. The quantitative estimate of drug-likeness (QED) is 0.264. The molecule has 156 valence electrons.